The number of rotatable bonds is 5. The molecule has 4 aromatic rings. The summed E-state index contributed by atoms with van der Waals surface area (Å²) in [6.07, 6.45) is 1.07. The van der Waals surface area contributed by atoms with Gasteiger partial charge in [0.1, 0.15) is 18.7 Å². The van der Waals surface area contributed by atoms with Gasteiger partial charge >= 0.3 is 0 Å². The Balaban J connectivity index is 1.23. The molecule has 2 heterocycles. The van der Waals surface area contributed by atoms with E-state index in [2.05, 4.69) is 41.6 Å². The summed E-state index contributed by atoms with van der Waals surface area (Å²) in [7, 11) is 0. The Hall–Kier alpha value is -3.91. The second-order valence-electron chi connectivity index (χ2n) is 8.40. The molecular weight excluding hydrogens is 462 g/mol. The van der Waals surface area contributed by atoms with Crippen LogP contribution in [0.15, 0.2) is 65.1 Å². The Morgan fingerprint density at radius 2 is 1.80 bits per heavy atom. The van der Waals surface area contributed by atoms with E-state index in [1.807, 2.05) is 30.3 Å². The maximum Gasteiger partial charge on any atom is 0.257 e. The molecule has 1 atom stereocenters. The van der Waals surface area contributed by atoms with Crippen LogP contribution in [0.1, 0.15) is 42.1 Å². The van der Waals surface area contributed by atoms with Gasteiger partial charge in [0.2, 0.25) is 5.89 Å². The molecule has 0 radical (unpaired) electrons. The quantitative estimate of drug-likeness (QED) is 0.339. The molecule has 1 aliphatic rings. The average molecular weight is 488 g/mol. The molecule has 8 heteroatoms. The molecule has 178 valence electrons. The Kier molecular flexibility index (Phi) is 6.37. The SMILES string of the molecule is CCC(C)c1ccc2oc(-c3ccc(NC(=S)NC(=O)c4ccc5c(c4)OCCO5)cc3)nc2c1. The van der Waals surface area contributed by atoms with Gasteiger partial charge in [0.15, 0.2) is 22.2 Å². The monoisotopic (exact) mass is 487 g/mol. The number of anilines is 1. The molecule has 1 aliphatic heterocycles. The van der Waals surface area contributed by atoms with E-state index >= 15 is 0 Å². The normalized spacial score (nSPS) is 13.3. The number of carbonyl (C=O) groups excluding carboxylic acids is 1. The third kappa shape index (κ3) is 4.97. The zero-order valence-electron chi connectivity index (χ0n) is 19.5. The number of benzene rings is 3. The van der Waals surface area contributed by atoms with Gasteiger partial charge in [-0.1, -0.05) is 19.9 Å². The molecule has 0 saturated carbocycles. The van der Waals surface area contributed by atoms with Gasteiger partial charge in [-0.15, -0.1) is 0 Å². The van der Waals surface area contributed by atoms with Gasteiger partial charge in [-0.2, -0.15) is 0 Å². The molecule has 5 rings (SSSR count). The van der Waals surface area contributed by atoms with Crippen LogP contribution in [-0.4, -0.2) is 29.2 Å². The lowest BCUT2D eigenvalue weighted by Crippen LogP contribution is -2.34. The van der Waals surface area contributed by atoms with Gasteiger partial charge in [0.25, 0.3) is 5.91 Å². The highest BCUT2D eigenvalue weighted by molar-refractivity contribution is 7.80. The smallest absolute Gasteiger partial charge is 0.257 e. The van der Waals surface area contributed by atoms with E-state index in [4.69, 9.17) is 26.1 Å². The number of nitrogens with one attached hydrogen (secondary N) is 2. The van der Waals surface area contributed by atoms with Gasteiger partial charge in [-0.3, -0.25) is 10.1 Å². The van der Waals surface area contributed by atoms with Crippen molar-refractivity contribution in [1.29, 1.82) is 0 Å². The van der Waals surface area contributed by atoms with E-state index < -0.39 is 0 Å². The van der Waals surface area contributed by atoms with E-state index in [0.717, 1.165) is 28.8 Å². The summed E-state index contributed by atoms with van der Waals surface area (Å²) in [6, 6.07) is 18.7. The number of amides is 1. The maximum absolute atomic E-state index is 12.6. The van der Waals surface area contributed by atoms with Crippen LogP contribution in [0.5, 0.6) is 11.5 Å². The molecule has 0 spiro atoms. The van der Waals surface area contributed by atoms with Crippen LogP contribution in [0.25, 0.3) is 22.6 Å². The Morgan fingerprint density at radius 3 is 2.57 bits per heavy atom. The van der Waals surface area contributed by atoms with Crippen LogP contribution in [0.3, 0.4) is 0 Å². The number of nitrogens with zero attached hydrogens (tertiary/aromatic N) is 1. The summed E-state index contributed by atoms with van der Waals surface area (Å²) in [5, 5.41) is 5.91. The van der Waals surface area contributed by atoms with Crippen molar-refractivity contribution in [3.05, 3.63) is 71.8 Å². The predicted molar refractivity (Wildman–Crippen MR) is 139 cm³/mol. The minimum absolute atomic E-state index is 0.192. The minimum Gasteiger partial charge on any atom is -0.486 e. The fourth-order valence-electron chi connectivity index (χ4n) is 3.83. The summed E-state index contributed by atoms with van der Waals surface area (Å²) < 4.78 is 17.0. The molecule has 7 nitrogen and oxygen atoms in total. The zero-order valence-corrected chi connectivity index (χ0v) is 20.3. The number of hydrogen-bond acceptors (Lipinski definition) is 6. The molecule has 0 fully saturated rings. The topological polar surface area (TPSA) is 85.6 Å². The summed E-state index contributed by atoms with van der Waals surface area (Å²) in [6.45, 7) is 5.33. The second kappa shape index (κ2) is 9.76. The molecule has 0 aliphatic carbocycles. The summed E-state index contributed by atoms with van der Waals surface area (Å²) in [4.78, 5) is 17.3. The van der Waals surface area contributed by atoms with Crippen molar-refractivity contribution in [1.82, 2.24) is 10.3 Å². The van der Waals surface area contributed by atoms with Crippen molar-refractivity contribution < 1.29 is 18.7 Å². The zero-order chi connectivity index (χ0) is 24.4. The highest BCUT2D eigenvalue weighted by Gasteiger charge is 2.16. The molecule has 1 aromatic heterocycles. The number of aromatic nitrogens is 1. The molecular formula is C27H25N3O4S. The molecule has 2 N–H and O–H groups in total. The summed E-state index contributed by atoms with van der Waals surface area (Å²) in [5.74, 6) is 1.88. The van der Waals surface area contributed by atoms with Crippen molar-refractivity contribution in [3.63, 3.8) is 0 Å². The largest absolute Gasteiger partial charge is 0.486 e. The lowest BCUT2D eigenvalue weighted by atomic mass is 9.98. The van der Waals surface area contributed by atoms with Gasteiger partial charge < -0.3 is 19.2 Å². The molecule has 1 unspecified atom stereocenters. The molecule has 1 amide bonds. The average Bonchev–Trinajstić information content (AvgIpc) is 3.31. The molecule has 0 saturated heterocycles. The fraction of sp³-hybridized carbons (Fsp3) is 0.222. The van der Waals surface area contributed by atoms with Crippen LogP contribution in [0.4, 0.5) is 5.69 Å². The molecule has 35 heavy (non-hydrogen) atoms. The first-order valence-electron chi connectivity index (χ1n) is 11.5. The summed E-state index contributed by atoms with van der Waals surface area (Å²) in [5.41, 5.74) is 4.88. The maximum atomic E-state index is 12.6. The van der Waals surface area contributed by atoms with E-state index in [9.17, 15) is 4.79 Å². The second-order valence-corrected chi connectivity index (χ2v) is 8.81. The first kappa shape index (κ1) is 22.9. The highest BCUT2D eigenvalue weighted by atomic mass is 32.1. The number of hydrogen-bond donors (Lipinski definition) is 2. The highest BCUT2D eigenvalue weighted by Crippen LogP contribution is 2.31. The number of ether oxygens (including phenoxy) is 2. The number of oxazole rings is 1. The molecule has 3 aromatic carbocycles. The van der Waals surface area contributed by atoms with Gasteiger partial charge in [0.05, 0.1) is 0 Å². The fourth-order valence-corrected chi connectivity index (χ4v) is 4.04. The van der Waals surface area contributed by atoms with E-state index in [1.165, 1.54) is 5.56 Å². The van der Waals surface area contributed by atoms with E-state index in [0.29, 0.717) is 42.1 Å². The van der Waals surface area contributed by atoms with Gasteiger partial charge in [0, 0.05) is 16.8 Å². The van der Waals surface area contributed by atoms with Crippen LogP contribution >= 0.6 is 12.2 Å². The van der Waals surface area contributed by atoms with Crippen molar-refractivity contribution in [2.75, 3.05) is 18.5 Å². The first-order valence-corrected chi connectivity index (χ1v) is 11.9. The van der Waals surface area contributed by atoms with Crippen molar-refractivity contribution in [2.24, 2.45) is 0 Å². The molecule has 0 bridgehead atoms. The number of thiocarbonyl (C=S) groups is 1. The Bertz CT molecular complexity index is 1400. The van der Waals surface area contributed by atoms with Gasteiger partial charge in [-0.25, -0.2) is 4.98 Å². The van der Waals surface area contributed by atoms with E-state index in [-0.39, 0.29) is 11.0 Å². The van der Waals surface area contributed by atoms with E-state index in [1.54, 1.807) is 18.2 Å². The first-order chi connectivity index (χ1) is 17.0. The van der Waals surface area contributed by atoms with Crippen LogP contribution < -0.4 is 20.1 Å². The standard InChI is InChI=1S/C27H25N3O4S/c1-3-16(2)18-6-10-22-21(14-18)29-26(34-22)17-4-8-20(9-5-17)28-27(35)30-25(31)19-7-11-23-24(15-19)33-13-12-32-23/h4-11,14-16H,3,12-13H2,1-2H3,(H2,28,30,31,35). The minimum atomic E-state index is -0.334. The summed E-state index contributed by atoms with van der Waals surface area (Å²) >= 11 is 5.32. The number of carbonyl (C=O) groups is 1. The van der Waals surface area contributed by atoms with Crippen molar-refractivity contribution in [2.45, 2.75) is 26.2 Å². The van der Waals surface area contributed by atoms with Gasteiger partial charge in [-0.05, 0) is 84.7 Å². The van der Waals surface area contributed by atoms with Crippen molar-refractivity contribution in [3.8, 4) is 23.0 Å². The van der Waals surface area contributed by atoms with Crippen LogP contribution in [-0.2, 0) is 0 Å². The lowest BCUT2D eigenvalue weighted by Gasteiger charge is -2.18. The predicted octanol–water partition coefficient (Wildman–Crippen LogP) is 5.91. The third-order valence-electron chi connectivity index (χ3n) is 6.01. The third-order valence-corrected chi connectivity index (χ3v) is 6.22. The lowest BCUT2D eigenvalue weighted by molar-refractivity contribution is 0.0976. The Labute approximate surface area is 208 Å². The van der Waals surface area contributed by atoms with Crippen LogP contribution in [0, 0.1) is 0 Å². The van der Waals surface area contributed by atoms with Crippen LogP contribution in [0.2, 0.25) is 0 Å². The van der Waals surface area contributed by atoms with Crippen molar-refractivity contribution >= 4 is 40.0 Å². The number of fused-ring (bicyclic) bond motifs is 2. The Morgan fingerprint density at radius 1 is 1.03 bits per heavy atom.